The van der Waals surface area contributed by atoms with Gasteiger partial charge in [-0.1, -0.05) is 35.9 Å². The number of halogens is 1. The van der Waals surface area contributed by atoms with Crippen LogP contribution in [-0.2, 0) is 22.5 Å². The molecule has 0 fully saturated rings. The molecule has 0 unspecified atom stereocenters. The molecule has 1 N–H and O–H groups in total. The number of phenolic OH excluding ortho intramolecular Hbond substituents is 1. The minimum atomic E-state index is -0.755. The van der Waals surface area contributed by atoms with Crippen molar-refractivity contribution in [2.24, 2.45) is 0 Å². The van der Waals surface area contributed by atoms with Crippen molar-refractivity contribution in [2.45, 2.75) is 13.0 Å². The lowest BCUT2D eigenvalue weighted by Gasteiger charge is -2.28. The first-order valence-electron chi connectivity index (χ1n) is 7.55. The lowest BCUT2D eigenvalue weighted by molar-refractivity contribution is -0.135. The number of fused-ring (bicyclic) bond motifs is 1. The molecule has 1 aliphatic heterocycles. The number of esters is 1. The summed E-state index contributed by atoms with van der Waals surface area (Å²) in [5.41, 5.74) is 2.33. The minimum absolute atomic E-state index is 0.0174. The Kier molecular flexibility index (Phi) is 4.71. The van der Waals surface area contributed by atoms with Crippen LogP contribution >= 0.6 is 11.6 Å². The van der Waals surface area contributed by atoms with Crippen LogP contribution in [0.2, 0.25) is 5.02 Å². The van der Waals surface area contributed by atoms with Gasteiger partial charge >= 0.3 is 5.97 Å². The van der Waals surface area contributed by atoms with Gasteiger partial charge in [-0.2, -0.15) is 0 Å². The zero-order valence-electron chi connectivity index (χ0n) is 12.9. The van der Waals surface area contributed by atoms with Crippen molar-refractivity contribution in [3.63, 3.8) is 0 Å². The van der Waals surface area contributed by atoms with Crippen molar-refractivity contribution in [1.29, 1.82) is 0 Å². The molecule has 24 heavy (non-hydrogen) atoms. The molecule has 0 aromatic heterocycles. The molecular formula is C18H16ClNO4. The molecule has 1 amide bonds. The summed E-state index contributed by atoms with van der Waals surface area (Å²) in [4.78, 5) is 25.9. The standard InChI is InChI=1S/C18H16ClNO4/c19-14-5-6-15(16(21)9-14)18(23)24-11-17(22)20-8-7-12-3-1-2-4-13(12)10-20/h1-6,9,21H,7-8,10-11H2. The van der Waals surface area contributed by atoms with Gasteiger partial charge in [0.15, 0.2) is 6.61 Å². The Morgan fingerprint density at radius 3 is 2.67 bits per heavy atom. The highest BCUT2D eigenvalue weighted by molar-refractivity contribution is 6.30. The maximum Gasteiger partial charge on any atom is 0.342 e. The van der Waals surface area contributed by atoms with Crippen LogP contribution in [0.4, 0.5) is 0 Å². The molecular weight excluding hydrogens is 330 g/mol. The van der Waals surface area contributed by atoms with Crippen molar-refractivity contribution >= 4 is 23.5 Å². The average Bonchev–Trinajstić information content (AvgIpc) is 2.59. The molecule has 0 radical (unpaired) electrons. The number of benzene rings is 2. The van der Waals surface area contributed by atoms with Crippen molar-refractivity contribution < 1.29 is 19.4 Å². The van der Waals surface area contributed by atoms with E-state index in [1.165, 1.54) is 23.8 Å². The van der Waals surface area contributed by atoms with Crippen LogP contribution in [0.5, 0.6) is 5.75 Å². The summed E-state index contributed by atoms with van der Waals surface area (Å²) in [6, 6.07) is 12.1. The maximum absolute atomic E-state index is 12.2. The van der Waals surface area contributed by atoms with Gasteiger partial charge in [0.2, 0.25) is 0 Å². The van der Waals surface area contributed by atoms with Crippen LogP contribution in [0.3, 0.4) is 0 Å². The number of ether oxygens (including phenoxy) is 1. The van der Waals surface area contributed by atoms with Gasteiger partial charge in [-0.3, -0.25) is 4.79 Å². The number of hydrogen-bond donors (Lipinski definition) is 1. The van der Waals surface area contributed by atoms with E-state index in [4.69, 9.17) is 16.3 Å². The Morgan fingerprint density at radius 1 is 1.17 bits per heavy atom. The van der Waals surface area contributed by atoms with Crippen LogP contribution < -0.4 is 0 Å². The zero-order valence-corrected chi connectivity index (χ0v) is 13.6. The highest BCUT2D eigenvalue weighted by Gasteiger charge is 2.22. The lowest BCUT2D eigenvalue weighted by Crippen LogP contribution is -2.38. The number of aromatic hydroxyl groups is 1. The Balaban J connectivity index is 1.59. The lowest BCUT2D eigenvalue weighted by atomic mass is 10.00. The Bertz CT molecular complexity index is 790. The fourth-order valence-corrected chi connectivity index (χ4v) is 2.85. The third-order valence-electron chi connectivity index (χ3n) is 3.99. The van der Waals surface area contributed by atoms with Gasteiger partial charge in [-0.15, -0.1) is 0 Å². The second-order valence-corrected chi connectivity index (χ2v) is 6.01. The SMILES string of the molecule is O=C(OCC(=O)N1CCc2ccccc2C1)c1ccc(Cl)cc1O. The molecule has 1 heterocycles. The second kappa shape index (κ2) is 6.93. The maximum atomic E-state index is 12.2. The third-order valence-corrected chi connectivity index (χ3v) is 4.22. The molecule has 0 aliphatic carbocycles. The van der Waals surface area contributed by atoms with E-state index in [1.54, 1.807) is 4.90 Å². The molecule has 1 aliphatic rings. The topological polar surface area (TPSA) is 66.8 Å². The van der Waals surface area contributed by atoms with E-state index in [0.29, 0.717) is 18.1 Å². The van der Waals surface area contributed by atoms with E-state index in [-0.39, 0.29) is 23.8 Å². The van der Waals surface area contributed by atoms with Gasteiger partial charge in [0.25, 0.3) is 5.91 Å². The van der Waals surface area contributed by atoms with Gasteiger partial charge in [0.05, 0.1) is 0 Å². The minimum Gasteiger partial charge on any atom is -0.507 e. The van der Waals surface area contributed by atoms with Crippen LogP contribution in [0.15, 0.2) is 42.5 Å². The molecule has 124 valence electrons. The quantitative estimate of drug-likeness (QED) is 0.869. The van der Waals surface area contributed by atoms with Crippen LogP contribution in [0.1, 0.15) is 21.5 Å². The van der Waals surface area contributed by atoms with Crippen molar-refractivity contribution in [1.82, 2.24) is 4.90 Å². The first kappa shape index (κ1) is 16.3. The van der Waals surface area contributed by atoms with Crippen LogP contribution in [0.25, 0.3) is 0 Å². The van der Waals surface area contributed by atoms with Crippen molar-refractivity contribution in [3.8, 4) is 5.75 Å². The molecule has 2 aromatic carbocycles. The average molecular weight is 346 g/mol. The molecule has 2 aromatic rings. The second-order valence-electron chi connectivity index (χ2n) is 5.57. The summed E-state index contributed by atoms with van der Waals surface area (Å²) in [5, 5.41) is 10.0. The molecule has 0 bridgehead atoms. The highest BCUT2D eigenvalue weighted by atomic mass is 35.5. The first-order chi connectivity index (χ1) is 11.5. The van der Waals surface area contributed by atoms with Gasteiger partial charge in [-0.25, -0.2) is 4.79 Å². The van der Waals surface area contributed by atoms with E-state index >= 15 is 0 Å². The number of nitrogens with zero attached hydrogens (tertiary/aromatic N) is 1. The molecule has 3 rings (SSSR count). The molecule has 5 nitrogen and oxygen atoms in total. The zero-order chi connectivity index (χ0) is 17.1. The summed E-state index contributed by atoms with van der Waals surface area (Å²) < 4.78 is 5.02. The summed E-state index contributed by atoms with van der Waals surface area (Å²) >= 11 is 5.72. The molecule has 0 saturated carbocycles. The predicted octanol–water partition coefficient (Wildman–Crippen LogP) is 2.79. The normalized spacial score (nSPS) is 13.3. The Hall–Kier alpha value is -2.53. The van der Waals surface area contributed by atoms with Crippen LogP contribution in [0, 0.1) is 0 Å². The van der Waals surface area contributed by atoms with Gasteiger partial charge in [-0.05, 0) is 35.7 Å². The van der Waals surface area contributed by atoms with E-state index in [2.05, 4.69) is 6.07 Å². The highest BCUT2D eigenvalue weighted by Crippen LogP contribution is 2.23. The van der Waals surface area contributed by atoms with Crippen molar-refractivity contribution in [2.75, 3.05) is 13.2 Å². The van der Waals surface area contributed by atoms with E-state index in [0.717, 1.165) is 12.0 Å². The first-order valence-corrected chi connectivity index (χ1v) is 7.92. The van der Waals surface area contributed by atoms with Gasteiger partial charge in [0, 0.05) is 18.1 Å². The fraction of sp³-hybridized carbons (Fsp3) is 0.222. The van der Waals surface area contributed by atoms with E-state index < -0.39 is 5.97 Å². The smallest absolute Gasteiger partial charge is 0.342 e. The van der Waals surface area contributed by atoms with E-state index in [1.807, 2.05) is 18.2 Å². The number of phenols is 1. The molecule has 6 heteroatoms. The summed E-state index contributed by atoms with van der Waals surface area (Å²) in [7, 11) is 0. The van der Waals surface area contributed by atoms with Gasteiger partial charge in [0.1, 0.15) is 11.3 Å². The largest absolute Gasteiger partial charge is 0.507 e. The fourth-order valence-electron chi connectivity index (χ4n) is 2.68. The monoisotopic (exact) mass is 345 g/mol. The molecule has 0 atom stereocenters. The summed E-state index contributed by atoms with van der Waals surface area (Å²) in [6.07, 6.45) is 0.786. The molecule has 0 saturated heterocycles. The summed E-state index contributed by atoms with van der Waals surface area (Å²) in [6.45, 7) is 0.751. The van der Waals surface area contributed by atoms with Gasteiger partial charge < -0.3 is 14.7 Å². The Morgan fingerprint density at radius 2 is 1.92 bits per heavy atom. The number of amides is 1. The molecule has 0 spiro atoms. The van der Waals surface area contributed by atoms with E-state index in [9.17, 15) is 14.7 Å². The Labute approximate surface area is 144 Å². The number of carbonyl (C=O) groups excluding carboxylic acids is 2. The van der Waals surface area contributed by atoms with Crippen molar-refractivity contribution in [3.05, 3.63) is 64.2 Å². The summed E-state index contributed by atoms with van der Waals surface area (Å²) in [5.74, 6) is -1.28. The third kappa shape index (κ3) is 3.51. The predicted molar refractivity (Wildman–Crippen MR) is 89.0 cm³/mol. The number of rotatable bonds is 3. The number of hydrogen-bond acceptors (Lipinski definition) is 4. The number of carbonyl (C=O) groups is 2. The van der Waals surface area contributed by atoms with Crippen LogP contribution in [-0.4, -0.2) is 35.0 Å².